The highest BCUT2D eigenvalue weighted by molar-refractivity contribution is 5.51. The van der Waals surface area contributed by atoms with Crippen LogP contribution in [0.3, 0.4) is 0 Å². The molecule has 114 valence electrons. The van der Waals surface area contributed by atoms with Crippen LogP contribution in [0, 0.1) is 25.2 Å². The number of rotatable bonds is 4. The molecule has 0 bridgehead atoms. The van der Waals surface area contributed by atoms with E-state index in [4.69, 9.17) is 4.74 Å². The smallest absolute Gasteiger partial charge is 0.127 e. The number of benzene rings is 1. The molecule has 21 heavy (non-hydrogen) atoms. The lowest BCUT2D eigenvalue weighted by molar-refractivity contribution is 0.310. The van der Waals surface area contributed by atoms with Crippen LogP contribution in [0.1, 0.15) is 42.4 Å². The number of hydrogen-bond donors (Lipinski definition) is 0. The van der Waals surface area contributed by atoms with E-state index in [-0.39, 0.29) is 0 Å². The van der Waals surface area contributed by atoms with E-state index >= 15 is 0 Å². The number of nitrogens with zero attached hydrogens (tertiary/aromatic N) is 2. The summed E-state index contributed by atoms with van der Waals surface area (Å²) < 4.78 is 5.96. The van der Waals surface area contributed by atoms with E-state index in [9.17, 15) is 5.26 Å². The van der Waals surface area contributed by atoms with Crippen molar-refractivity contribution in [2.75, 3.05) is 27.2 Å². The minimum absolute atomic E-state index is 0.390. The van der Waals surface area contributed by atoms with Crippen molar-refractivity contribution in [3.63, 3.8) is 0 Å². The number of fused-ring (bicyclic) bond motifs is 1. The molecule has 1 aromatic carbocycles. The Morgan fingerprint density at radius 2 is 2.10 bits per heavy atom. The third kappa shape index (κ3) is 3.39. The third-order valence-corrected chi connectivity index (χ3v) is 4.35. The number of aryl methyl sites for hydroxylation is 2. The zero-order chi connectivity index (χ0) is 15.5. The van der Waals surface area contributed by atoms with E-state index in [2.05, 4.69) is 51.0 Å². The van der Waals surface area contributed by atoms with Crippen LogP contribution in [-0.2, 0) is 5.41 Å². The fourth-order valence-corrected chi connectivity index (χ4v) is 3.31. The standard InChI is InChI=1S/C18H26N2O/c1-14-11-15(2)17-16(12-14)18(13-19,8-6-10-21-17)7-5-9-20(3)4/h11-12H,5-10H2,1-4H3. The van der Waals surface area contributed by atoms with E-state index < -0.39 is 5.41 Å². The highest BCUT2D eigenvalue weighted by Gasteiger charge is 2.36. The summed E-state index contributed by atoms with van der Waals surface area (Å²) in [5.41, 5.74) is 3.08. The van der Waals surface area contributed by atoms with Crippen molar-refractivity contribution in [2.24, 2.45) is 0 Å². The van der Waals surface area contributed by atoms with Gasteiger partial charge < -0.3 is 9.64 Å². The predicted octanol–water partition coefficient (Wildman–Crippen LogP) is 3.58. The zero-order valence-electron chi connectivity index (χ0n) is 13.7. The molecule has 0 amide bonds. The van der Waals surface area contributed by atoms with Crippen LogP contribution < -0.4 is 4.74 Å². The largest absolute Gasteiger partial charge is 0.493 e. The van der Waals surface area contributed by atoms with Crippen LogP contribution in [0.15, 0.2) is 12.1 Å². The van der Waals surface area contributed by atoms with Gasteiger partial charge in [-0.3, -0.25) is 0 Å². The molecule has 0 aliphatic carbocycles. The second-order valence-corrected chi connectivity index (χ2v) is 6.51. The minimum Gasteiger partial charge on any atom is -0.493 e. The highest BCUT2D eigenvalue weighted by atomic mass is 16.5. The molecule has 1 unspecified atom stereocenters. The van der Waals surface area contributed by atoms with Gasteiger partial charge in [0.15, 0.2) is 0 Å². The normalized spacial score (nSPS) is 21.3. The monoisotopic (exact) mass is 286 g/mol. The van der Waals surface area contributed by atoms with Crippen molar-refractivity contribution in [1.82, 2.24) is 4.90 Å². The molecule has 0 spiro atoms. The first-order chi connectivity index (χ1) is 9.98. The molecule has 1 heterocycles. The Morgan fingerprint density at radius 3 is 2.76 bits per heavy atom. The first-order valence-corrected chi connectivity index (χ1v) is 7.79. The van der Waals surface area contributed by atoms with E-state index in [0.717, 1.165) is 49.1 Å². The molecule has 3 nitrogen and oxygen atoms in total. The van der Waals surface area contributed by atoms with Crippen molar-refractivity contribution in [3.05, 3.63) is 28.8 Å². The number of nitriles is 1. The van der Waals surface area contributed by atoms with Crippen LogP contribution in [0.25, 0.3) is 0 Å². The van der Waals surface area contributed by atoms with Crippen molar-refractivity contribution in [2.45, 2.75) is 44.9 Å². The summed E-state index contributed by atoms with van der Waals surface area (Å²) in [7, 11) is 4.16. The first-order valence-electron chi connectivity index (χ1n) is 7.79. The van der Waals surface area contributed by atoms with Crippen molar-refractivity contribution in [3.8, 4) is 11.8 Å². The van der Waals surface area contributed by atoms with E-state index in [1.54, 1.807) is 0 Å². The summed E-state index contributed by atoms with van der Waals surface area (Å²) in [6.07, 6.45) is 3.78. The molecule has 1 aliphatic heterocycles. The average molecular weight is 286 g/mol. The Hall–Kier alpha value is -1.53. The van der Waals surface area contributed by atoms with E-state index in [1.165, 1.54) is 5.56 Å². The Labute approximate surface area is 128 Å². The van der Waals surface area contributed by atoms with Gasteiger partial charge in [-0.2, -0.15) is 5.26 Å². The maximum absolute atomic E-state index is 9.94. The van der Waals surface area contributed by atoms with Gasteiger partial charge in [0.2, 0.25) is 0 Å². The summed E-state index contributed by atoms with van der Waals surface area (Å²) in [4.78, 5) is 2.18. The summed E-state index contributed by atoms with van der Waals surface area (Å²) in [6, 6.07) is 6.95. The second-order valence-electron chi connectivity index (χ2n) is 6.51. The highest BCUT2D eigenvalue weighted by Crippen LogP contribution is 2.43. The zero-order valence-corrected chi connectivity index (χ0v) is 13.7. The quantitative estimate of drug-likeness (QED) is 0.849. The van der Waals surface area contributed by atoms with Gasteiger partial charge in [0.1, 0.15) is 5.75 Å². The summed E-state index contributed by atoms with van der Waals surface area (Å²) in [6.45, 7) is 5.91. The van der Waals surface area contributed by atoms with Gasteiger partial charge in [0, 0.05) is 5.56 Å². The van der Waals surface area contributed by atoms with Gasteiger partial charge >= 0.3 is 0 Å². The van der Waals surface area contributed by atoms with Gasteiger partial charge in [-0.25, -0.2) is 0 Å². The molecule has 0 aromatic heterocycles. The van der Waals surface area contributed by atoms with Crippen molar-refractivity contribution < 1.29 is 4.74 Å². The lowest BCUT2D eigenvalue weighted by atomic mass is 9.73. The molecule has 0 saturated carbocycles. The topological polar surface area (TPSA) is 36.3 Å². The van der Waals surface area contributed by atoms with Crippen molar-refractivity contribution >= 4 is 0 Å². The van der Waals surface area contributed by atoms with Gasteiger partial charge in [-0.05, 0) is 65.7 Å². The number of ether oxygens (including phenoxy) is 1. The number of hydrogen-bond acceptors (Lipinski definition) is 3. The maximum Gasteiger partial charge on any atom is 0.127 e. The molecular weight excluding hydrogens is 260 g/mol. The SMILES string of the molecule is Cc1cc(C)c2c(c1)C(C#N)(CCCN(C)C)CCCO2. The molecule has 0 N–H and O–H groups in total. The molecule has 0 radical (unpaired) electrons. The fourth-order valence-electron chi connectivity index (χ4n) is 3.31. The molecule has 0 saturated heterocycles. The fraction of sp³-hybridized carbons (Fsp3) is 0.611. The van der Waals surface area contributed by atoms with Gasteiger partial charge in [-0.15, -0.1) is 0 Å². The second kappa shape index (κ2) is 6.49. The minimum atomic E-state index is -0.390. The van der Waals surface area contributed by atoms with Crippen LogP contribution in [0.4, 0.5) is 0 Å². The summed E-state index contributed by atoms with van der Waals surface area (Å²) in [5.74, 6) is 0.949. The van der Waals surface area contributed by atoms with Gasteiger partial charge in [0.25, 0.3) is 0 Å². The summed E-state index contributed by atoms with van der Waals surface area (Å²) in [5, 5.41) is 9.94. The molecule has 0 fully saturated rings. The lowest BCUT2D eigenvalue weighted by Crippen LogP contribution is -2.26. The maximum atomic E-state index is 9.94. The Morgan fingerprint density at radius 1 is 1.33 bits per heavy atom. The molecule has 3 heteroatoms. The Balaban J connectivity index is 2.40. The molecule has 1 aliphatic rings. The summed E-state index contributed by atoms with van der Waals surface area (Å²) >= 11 is 0. The van der Waals surface area contributed by atoms with Crippen molar-refractivity contribution in [1.29, 1.82) is 5.26 Å². The Kier molecular flexibility index (Phi) is 4.90. The van der Waals surface area contributed by atoms with Crippen LogP contribution in [-0.4, -0.2) is 32.1 Å². The van der Waals surface area contributed by atoms with E-state index in [1.807, 2.05) is 0 Å². The molecule has 1 aromatic rings. The predicted molar refractivity (Wildman–Crippen MR) is 85.7 cm³/mol. The molecule has 2 rings (SSSR count). The van der Waals surface area contributed by atoms with Gasteiger partial charge in [0.05, 0.1) is 18.1 Å². The first kappa shape index (κ1) is 15.9. The van der Waals surface area contributed by atoms with Crippen LogP contribution in [0.2, 0.25) is 0 Å². The van der Waals surface area contributed by atoms with Crippen LogP contribution >= 0.6 is 0 Å². The van der Waals surface area contributed by atoms with E-state index in [0.29, 0.717) is 6.61 Å². The Bertz CT molecular complexity index is 545. The van der Waals surface area contributed by atoms with Crippen LogP contribution in [0.5, 0.6) is 5.75 Å². The average Bonchev–Trinajstić information content (AvgIpc) is 2.59. The third-order valence-electron chi connectivity index (χ3n) is 4.35. The molecular formula is C18H26N2O. The van der Waals surface area contributed by atoms with Gasteiger partial charge in [-0.1, -0.05) is 17.7 Å². The lowest BCUT2D eigenvalue weighted by Gasteiger charge is -2.28. The molecule has 1 atom stereocenters.